The number of carbonyl (C=O) groups excluding carboxylic acids is 3. The van der Waals surface area contributed by atoms with Gasteiger partial charge in [0.2, 0.25) is 6.29 Å². The summed E-state index contributed by atoms with van der Waals surface area (Å²) in [7, 11) is 0. The van der Waals surface area contributed by atoms with E-state index in [0.29, 0.717) is 44.9 Å². The number of rotatable bonds is 30. The van der Waals surface area contributed by atoms with Crippen molar-refractivity contribution in [1.29, 1.82) is 0 Å². The minimum Gasteiger partial charge on any atom is -0.452 e. The van der Waals surface area contributed by atoms with Gasteiger partial charge < -0.3 is 208 Å². The van der Waals surface area contributed by atoms with Crippen molar-refractivity contribution in [2.75, 3.05) is 52.9 Å². The van der Waals surface area contributed by atoms with E-state index in [1.165, 1.54) is 52.0 Å². The highest BCUT2D eigenvalue weighted by Gasteiger charge is 2.73. The van der Waals surface area contributed by atoms with Crippen LogP contribution in [0.1, 0.15) is 160 Å². The predicted octanol–water partition coefficient (Wildman–Crippen LogP) is -5.83. The Bertz CT molecular complexity index is 4190. The Hall–Kier alpha value is -4.45. The number of carbonyl (C=O) groups is 3. The highest BCUT2D eigenvalue weighted by atomic mass is 16.8. The number of hydrogen-bond donors (Lipinski definition) is 25. The Balaban J connectivity index is 0.000000506. The van der Waals surface area contributed by atoms with Gasteiger partial charge in [0, 0.05) is 0 Å². The third kappa shape index (κ3) is 23.4. The topological polar surface area (TPSA) is 714 Å². The summed E-state index contributed by atoms with van der Waals surface area (Å²) in [5.74, 6) is -3.86. The maximum absolute atomic E-state index is 15.6. The first kappa shape index (κ1) is 113. The van der Waals surface area contributed by atoms with Crippen LogP contribution >= 0.6 is 0 Å². The second kappa shape index (κ2) is 45.3. The van der Waals surface area contributed by atoms with Crippen molar-refractivity contribution in [1.82, 2.24) is 0 Å². The number of esters is 3. The minimum absolute atomic E-state index is 0.00193. The summed E-state index contributed by atoms with van der Waals surface area (Å²) < 4.78 is 97.9. The SMILES string of the molecule is C=C[C@@](C)(O)CC/C=C(\CO)C(=O)O[C@@H]1[C@@H](O)[C@H](C)O[C@@H](OC[C@H]2O[C@@H](OC(=O)C34CCC(C)(C)CC3C3=CC[C@@H]5[C@@]6(C)CC[C@H](O[C@@H]7O[C@H](CO[C@@H]8OC[C@@H](O[C@H]9OC[C@@H](O)[C@H](O)[C@H]9O)[C@H](O)[C@H]8O)[C@@H](O)[C@H](O)[C@H]7O)C(C)(C)[C@@H]6CC[C@@]5(C)[C@]3(C)C[C@H]4O)[C@H](O)[C@@H](O)[C@@H]2O)[C@@H]1OC(=O)/C(=C/CC[C@](C)(O)C=C)CO.C[C@@H]1O[C@@H](O[C@@H]2OC[C@@H](O)[C@H](O[C@@H]3OC[C@@H](O)[C@H](O)[C@H]3O)[C@H]2O)[C@H](O)[C@@H](O)[C@H]1O. The van der Waals surface area contributed by atoms with Gasteiger partial charge in [-0.15, -0.1) is 13.2 Å². The Morgan fingerprint density at radius 3 is 1.47 bits per heavy atom. The number of fused-ring (bicyclic) bond motifs is 7. The second-order valence-electron chi connectivity index (χ2n) is 42.5. The van der Waals surface area contributed by atoms with Gasteiger partial charge in [-0.3, -0.25) is 4.79 Å². The standard InChI is InChI=1S/C78H122O32.C16H28O13/c1-13-73(8,97)23-15-17-38(31-79)63(94)108-61-50(83)37(3)103-69(62(61)109-64(95)39(32-80)18-16-24-74(9,98)14-2)102-36-44-53(86)56(89)60(93)68(106-44)110-70(96)78-28-27-71(4,5)29-41(78)40-19-20-47-75(10)25-22-49(72(6,7)46(75)21-26-76(47,11)77(40,12)30-48(78)82)107-67-59(92)55(88)52(85)43(105-67)34-100-65-58(91)54(87)45(35-101-65)104-66-57(90)51(84)42(81)33-99-66;1-4-7(19)9(21)11(23)16(27-4)29-15-12(24)13(6(18)3-26-15)28-14-10(22)8(20)5(17)2-25-14/h13-14,17-19,37,41-62,65-69,79-93,97-98H,1-2,15-16,20-36H2,3-12H3;4-24H,2-3H2,1H3/b38-17+,39-18+;/t37-,41?,42+,43+,44+,45+,46-,47+,48+,49-,50-,51-,52+,53+,54-,55-,56-,57+,58+,59+,60+,61+,62+,65+,66+,67-,68-,69+,73+,74+,75-,76+,77+,78?;4-,5+,6+,7-,8-,9-,10+,11+,12+,13-,14-,15-,16-/m00/s1. The highest BCUT2D eigenvalue weighted by Crippen LogP contribution is 2.76. The molecule has 0 aromatic rings. The molecule has 0 bridgehead atoms. The van der Waals surface area contributed by atoms with Crippen LogP contribution in [0, 0.1) is 50.2 Å². The Morgan fingerprint density at radius 2 is 0.914 bits per heavy atom. The molecule has 139 heavy (non-hydrogen) atoms. The molecule has 0 aromatic heterocycles. The lowest BCUT2D eigenvalue weighted by atomic mass is 9.33. The molecule has 12 fully saturated rings. The van der Waals surface area contributed by atoms with Gasteiger partial charge >= 0.3 is 17.9 Å². The number of aliphatic hydroxyl groups excluding tert-OH is 23. The van der Waals surface area contributed by atoms with E-state index in [0.717, 1.165) is 5.57 Å². The van der Waals surface area contributed by atoms with E-state index < -0.39 is 317 Å². The largest absolute Gasteiger partial charge is 0.452 e. The van der Waals surface area contributed by atoms with Crippen LogP contribution in [0.25, 0.3) is 0 Å². The van der Waals surface area contributed by atoms with Gasteiger partial charge in [-0.2, -0.15) is 0 Å². The Kier molecular flexibility index (Phi) is 36.9. The van der Waals surface area contributed by atoms with Gasteiger partial charge in [0.05, 0.1) is 99.6 Å². The summed E-state index contributed by atoms with van der Waals surface area (Å²) in [5.41, 5.74) is -6.42. The van der Waals surface area contributed by atoms with Gasteiger partial charge in [0.1, 0.15) is 152 Å². The molecule has 45 nitrogen and oxygen atoms in total. The quantitative estimate of drug-likeness (QED) is 0.0105. The molecule has 13 aliphatic rings. The van der Waals surface area contributed by atoms with Gasteiger partial charge in [0.25, 0.3) is 0 Å². The number of aliphatic hydroxyl groups is 25. The zero-order valence-electron chi connectivity index (χ0n) is 80.2. The highest BCUT2D eigenvalue weighted by molar-refractivity contribution is 5.90. The predicted molar refractivity (Wildman–Crippen MR) is 469 cm³/mol. The van der Waals surface area contributed by atoms with Gasteiger partial charge in [-0.05, 0) is 156 Å². The summed E-state index contributed by atoms with van der Waals surface area (Å²) in [4.78, 5) is 43.5. The van der Waals surface area contributed by atoms with E-state index >= 15 is 4.79 Å². The van der Waals surface area contributed by atoms with E-state index in [1.54, 1.807) is 0 Å². The van der Waals surface area contributed by atoms with Crippen molar-refractivity contribution in [3.8, 4) is 0 Å². The van der Waals surface area contributed by atoms with Gasteiger partial charge in [-0.1, -0.05) is 84.4 Å². The molecule has 0 aromatic carbocycles. The van der Waals surface area contributed by atoms with Crippen LogP contribution in [-0.4, -0.2) is 443 Å². The molecule has 0 radical (unpaired) electrons. The molecule has 796 valence electrons. The molecular formula is C94H150O45. The first-order chi connectivity index (χ1) is 65.0. The summed E-state index contributed by atoms with van der Waals surface area (Å²) in [6, 6.07) is 0. The van der Waals surface area contributed by atoms with Crippen LogP contribution in [0.2, 0.25) is 0 Å². The number of ether oxygens (including phenoxy) is 17. The lowest BCUT2D eigenvalue weighted by molar-refractivity contribution is -0.375. The minimum atomic E-state index is -2.06. The van der Waals surface area contributed by atoms with Crippen LogP contribution in [0.5, 0.6) is 0 Å². The monoisotopic (exact) mass is 2000 g/mol. The van der Waals surface area contributed by atoms with Gasteiger partial charge in [-0.25, -0.2) is 9.59 Å². The van der Waals surface area contributed by atoms with Crippen molar-refractivity contribution in [3.63, 3.8) is 0 Å². The first-order valence-electron chi connectivity index (χ1n) is 47.9. The number of allylic oxidation sites excluding steroid dienone is 4. The third-order valence-electron chi connectivity index (χ3n) is 32.2. The normalized spacial score (nSPS) is 47.6. The molecular weight excluding hydrogens is 1850 g/mol. The van der Waals surface area contributed by atoms with Crippen molar-refractivity contribution < 1.29 is 223 Å². The smallest absolute Gasteiger partial charge is 0.336 e. The molecule has 8 heterocycles. The molecule has 8 saturated heterocycles. The third-order valence-corrected chi connectivity index (χ3v) is 32.2. The first-order valence-corrected chi connectivity index (χ1v) is 47.9. The fourth-order valence-corrected chi connectivity index (χ4v) is 23.0. The molecule has 0 amide bonds. The summed E-state index contributed by atoms with van der Waals surface area (Å²) in [6.45, 7) is 23.7. The molecule has 5 aliphatic carbocycles. The van der Waals surface area contributed by atoms with Crippen LogP contribution in [0.3, 0.4) is 0 Å². The van der Waals surface area contributed by atoms with E-state index in [4.69, 9.17) is 80.5 Å². The molecule has 4 saturated carbocycles. The van der Waals surface area contributed by atoms with Crippen LogP contribution in [0.4, 0.5) is 0 Å². The second-order valence-corrected chi connectivity index (χ2v) is 42.5. The maximum atomic E-state index is 15.6. The van der Waals surface area contributed by atoms with Crippen molar-refractivity contribution in [2.45, 2.75) is 404 Å². The average molecular weight is 2000 g/mol. The average Bonchev–Trinajstić information content (AvgIpc) is 0.668. The molecule has 47 atom stereocenters. The zero-order chi connectivity index (χ0) is 103. The Labute approximate surface area is 804 Å². The lowest BCUT2D eigenvalue weighted by Gasteiger charge is -2.71. The molecule has 8 aliphatic heterocycles. The zero-order valence-corrected chi connectivity index (χ0v) is 80.2. The van der Waals surface area contributed by atoms with E-state index in [-0.39, 0.29) is 98.8 Å². The van der Waals surface area contributed by atoms with Gasteiger partial charge in [0.15, 0.2) is 56.2 Å². The van der Waals surface area contributed by atoms with Crippen LogP contribution < -0.4 is 0 Å². The molecule has 0 spiro atoms. The van der Waals surface area contributed by atoms with Crippen LogP contribution in [0.15, 0.2) is 60.3 Å². The molecule has 45 heteroatoms. The molecule has 13 rings (SSSR count). The molecule has 25 N–H and O–H groups in total. The van der Waals surface area contributed by atoms with Crippen molar-refractivity contribution in [2.24, 2.45) is 50.2 Å². The Morgan fingerprint density at radius 1 is 0.446 bits per heavy atom. The van der Waals surface area contributed by atoms with Crippen LogP contribution in [-0.2, 0) is 94.9 Å². The fraction of sp³-hybridized carbons (Fsp3) is 0.862. The van der Waals surface area contributed by atoms with E-state index in [9.17, 15) is 137 Å². The number of hydrogen-bond acceptors (Lipinski definition) is 45. The van der Waals surface area contributed by atoms with E-state index in [1.807, 2.05) is 0 Å². The summed E-state index contributed by atoms with van der Waals surface area (Å²) in [5, 5.41) is 267. The summed E-state index contributed by atoms with van der Waals surface area (Å²) in [6.07, 6.45) is -47.1. The fourth-order valence-electron chi connectivity index (χ4n) is 23.0. The van der Waals surface area contributed by atoms with Crippen molar-refractivity contribution in [3.05, 3.63) is 60.3 Å². The lowest BCUT2D eigenvalue weighted by Crippen LogP contribution is -2.68. The summed E-state index contributed by atoms with van der Waals surface area (Å²) >= 11 is 0. The molecule has 2 unspecified atom stereocenters. The maximum Gasteiger partial charge on any atom is 0.336 e. The van der Waals surface area contributed by atoms with Crippen molar-refractivity contribution >= 4 is 17.9 Å². The van der Waals surface area contributed by atoms with E-state index in [2.05, 4.69) is 67.7 Å².